The molecule has 1 aromatic carbocycles. The fourth-order valence-corrected chi connectivity index (χ4v) is 2.52. The smallest absolute Gasteiger partial charge is 0.266 e. The predicted octanol–water partition coefficient (Wildman–Crippen LogP) is 1.84. The van der Waals surface area contributed by atoms with E-state index in [0.29, 0.717) is 22.4 Å². The Kier molecular flexibility index (Phi) is 2.93. The molecular weight excluding hydrogens is 329 g/mol. The first-order valence-corrected chi connectivity index (χ1v) is 6.61. The van der Waals surface area contributed by atoms with Gasteiger partial charge < -0.3 is 0 Å². The average Bonchev–Trinajstić information content (AvgIpc) is 2.71. The lowest BCUT2D eigenvalue weighted by Crippen LogP contribution is -2.28. The van der Waals surface area contributed by atoms with Gasteiger partial charge in [-0.05, 0) is 39.7 Å². The molecule has 102 valence electrons. The molecule has 0 spiro atoms. The van der Waals surface area contributed by atoms with E-state index in [1.165, 1.54) is 30.1 Å². The molecule has 20 heavy (non-hydrogen) atoms. The summed E-state index contributed by atoms with van der Waals surface area (Å²) in [6, 6.07) is 5.63. The molecule has 0 radical (unpaired) electrons. The van der Waals surface area contributed by atoms with Gasteiger partial charge in [0, 0.05) is 18.7 Å². The third-order valence-electron chi connectivity index (χ3n) is 3.17. The highest BCUT2D eigenvalue weighted by atomic mass is 79.9. The molecule has 1 aliphatic rings. The molecule has 1 amide bonds. The van der Waals surface area contributed by atoms with Crippen LogP contribution in [0, 0.1) is 5.82 Å². The number of amides is 1. The Hall–Kier alpha value is -2.02. The molecule has 0 N–H and O–H groups in total. The highest BCUT2D eigenvalue weighted by molar-refractivity contribution is 9.10. The number of benzene rings is 1. The van der Waals surface area contributed by atoms with Crippen molar-refractivity contribution in [2.75, 3.05) is 4.90 Å². The minimum atomic E-state index is -0.479. The van der Waals surface area contributed by atoms with Crippen LogP contribution in [0.2, 0.25) is 0 Å². The lowest BCUT2D eigenvalue weighted by Gasteiger charge is -2.14. The minimum Gasteiger partial charge on any atom is -0.287 e. The van der Waals surface area contributed by atoms with Crippen LogP contribution in [-0.4, -0.2) is 15.7 Å². The van der Waals surface area contributed by atoms with Gasteiger partial charge in [0.05, 0.1) is 11.0 Å². The molecular formula is C13H9BrFN3O2. The maximum atomic E-state index is 13.5. The first-order chi connectivity index (χ1) is 9.47. The SMILES string of the molecule is Cn1nc(N2Cc3cc(Br)c(F)cc3C2=O)ccc1=O. The summed E-state index contributed by atoms with van der Waals surface area (Å²) in [7, 11) is 1.51. The molecule has 3 rings (SSSR count). The van der Waals surface area contributed by atoms with Crippen molar-refractivity contribution < 1.29 is 9.18 Å². The van der Waals surface area contributed by atoms with Crippen molar-refractivity contribution in [1.82, 2.24) is 9.78 Å². The molecule has 0 saturated carbocycles. The van der Waals surface area contributed by atoms with Gasteiger partial charge in [0.2, 0.25) is 0 Å². The van der Waals surface area contributed by atoms with Gasteiger partial charge >= 0.3 is 0 Å². The van der Waals surface area contributed by atoms with E-state index in [1.807, 2.05) is 0 Å². The van der Waals surface area contributed by atoms with Crippen LogP contribution in [0.25, 0.3) is 0 Å². The number of fused-ring (bicyclic) bond motifs is 1. The molecule has 0 atom stereocenters. The highest BCUT2D eigenvalue weighted by Crippen LogP contribution is 2.30. The topological polar surface area (TPSA) is 55.2 Å². The molecule has 0 unspecified atom stereocenters. The van der Waals surface area contributed by atoms with Crippen molar-refractivity contribution in [2.24, 2.45) is 7.05 Å². The van der Waals surface area contributed by atoms with Crippen molar-refractivity contribution in [3.63, 3.8) is 0 Å². The van der Waals surface area contributed by atoms with Crippen LogP contribution in [0.5, 0.6) is 0 Å². The summed E-state index contributed by atoms with van der Waals surface area (Å²) < 4.78 is 15.0. The Bertz CT molecular complexity index is 788. The normalized spacial score (nSPS) is 13.8. The molecule has 0 aliphatic carbocycles. The fourth-order valence-electron chi connectivity index (χ4n) is 2.12. The van der Waals surface area contributed by atoms with Gasteiger partial charge in [-0.25, -0.2) is 9.07 Å². The van der Waals surface area contributed by atoms with Crippen LogP contribution in [-0.2, 0) is 13.6 Å². The predicted molar refractivity (Wildman–Crippen MR) is 74.1 cm³/mol. The summed E-state index contributed by atoms with van der Waals surface area (Å²) >= 11 is 3.10. The van der Waals surface area contributed by atoms with Crippen molar-refractivity contribution >= 4 is 27.7 Å². The Balaban J connectivity index is 2.05. The largest absolute Gasteiger partial charge is 0.287 e. The quantitative estimate of drug-likeness (QED) is 0.797. The van der Waals surface area contributed by atoms with Crippen LogP contribution in [0.3, 0.4) is 0 Å². The van der Waals surface area contributed by atoms with E-state index in [1.54, 1.807) is 6.07 Å². The van der Waals surface area contributed by atoms with Crippen LogP contribution in [0.1, 0.15) is 15.9 Å². The van der Waals surface area contributed by atoms with Crippen LogP contribution < -0.4 is 10.5 Å². The van der Waals surface area contributed by atoms with Crippen molar-refractivity contribution in [2.45, 2.75) is 6.54 Å². The summed E-state index contributed by atoms with van der Waals surface area (Å²) in [5.41, 5.74) is 0.784. The number of carbonyl (C=O) groups is 1. The molecule has 1 aliphatic heterocycles. The number of carbonyl (C=O) groups excluding carboxylic acids is 1. The highest BCUT2D eigenvalue weighted by Gasteiger charge is 2.30. The lowest BCUT2D eigenvalue weighted by molar-refractivity contribution is 0.0995. The molecule has 2 heterocycles. The maximum Gasteiger partial charge on any atom is 0.266 e. The van der Waals surface area contributed by atoms with E-state index in [0.717, 1.165) is 10.2 Å². The lowest BCUT2D eigenvalue weighted by atomic mass is 10.1. The van der Waals surface area contributed by atoms with E-state index in [-0.39, 0.29) is 11.5 Å². The number of hydrogen-bond donors (Lipinski definition) is 0. The monoisotopic (exact) mass is 337 g/mol. The number of hydrogen-bond acceptors (Lipinski definition) is 3. The molecule has 2 aromatic rings. The van der Waals surface area contributed by atoms with E-state index < -0.39 is 5.82 Å². The average molecular weight is 338 g/mol. The number of aryl methyl sites for hydroxylation is 1. The zero-order valence-corrected chi connectivity index (χ0v) is 12.0. The Labute approximate surface area is 121 Å². The summed E-state index contributed by atoms with van der Waals surface area (Å²) in [5, 5.41) is 4.04. The first kappa shape index (κ1) is 13.0. The van der Waals surface area contributed by atoms with Crippen molar-refractivity contribution in [1.29, 1.82) is 0 Å². The number of rotatable bonds is 1. The summed E-state index contributed by atoms with van der Waals surface area (Å²) in [6.45, 7) is 0.304. The number of aromatic nitrogens is 2. The van der Waals surface area contributed by atoms with Crippen LogP contribution in [0.15, 0.2) is 33.5 Å². The van der Waals surface area contributed by atoms with E-state index in [2.05, 4.69) is 21.0 Å². The van der Waals surface area contributed by atoms with Gasteiger partial charge in [-0.15, -0.1) is 0 Å². The van der Waals surface area contributed by atoms with Gasteiger partial charge in [0.1, 0.15) is 5.82 Å². The number of nitrogens with zero attached hydrogens (tertiary/aromatic N) is 3. The zero-order valence-electron chi connectivity index (χ0n) is 10.4. The summed E-state index contributed by atoms with van der Waals surface area (Å²) in [6.07, 6.45) is 0. The summed E-state index contributed by atoms with van der Waals surface area (Å²) in [4.78, 5) is 25.0. The zero-order chi connectivity index (χ0) is 14.4. The van der Waals surface area contributed by atoms with Gasteiger partial charge in [0.15, 0.2) is 5.82 Å². The van der Waals surface area contributed by atoms with E-state index in [4.69, 9.17) is 0 Å². The van der Waals surface area contributed by atoms with Crippen LogP contribution >= 0.6 is 15.9 Å². The van der Waals surface area contributed by atoms with E-state index in [9.17, 15) is 14.0 Å². The molecule has 5 nitrogen and oxygen atoms in total. The Morgan fingerprint density at radius 3 is 2.75 bits per heavy atom. The summed E-state index contributed by atoms with van der Waals surface area (Å²) in [5.74, 6) is -0.435. The minimum absolute atomic E-state index is 0.258. The molecule has 0 fully saturated rings. The maximum absolute atomic E-state index is 13.5. The van der Waals surface area contributed by atoms with Crippen molar-refractivity contribution in [3.8, 4) is 0 Å². The second kappa shape index (κ2) is 4.52. The van der Waals surface area contributed by atoms with Gasteiger partial charge in [-0.1, -0.05) is 0 Å². The van der Waals surface area contributed by atoms with E-state index >= 15 is 0 Å². The Morgan fingerprint density at radius 2 is 2.05 bits per heavy atom. The molecule has 0 bridgehead atoms. The van der Waals surface area contributed by atoms with Crippen molar-refractivity contribution in [3.05, 3.63) is 56.0 Å². The van der Waals surface area contributed by atoms with Gasteiger partial charge in [-0.2, -0.15) is 5.10 Å². The number of anilines is 1. The van der Waals surface area contributed by atoms with Crippen LogP contribution in [0.4, 0.5) is 10.2 Å². The third kappa shape index (κ3) is 1.94. The standard InChI is InChI=1S/C13H9BrFN3O2/c1-17-12(19)3-2-11(16-17)18-6-7-4-9(14)10(15)5-8(7)13(18)20/h2-5H,6H2,1H3. The molecule has 7 heteroatoms. The third-order valence-corrected chi connectivity index (χ3v) is 3.78. The Morgan fingerprint density at radius 1 is 1.30 bits per heavy atom. The van der Waals surface area contributed by atoms with Gasteiger partial charge in [-0.3, -0.25) is 14.5 Å². The first-order valence-electron chi connectivity index (χ1n) is 5.81. The molecule has 0 saturated heterocycles. The van der Waals surface area contributed by atoms with Gasteiger partial charge in [0.25, 0.3) is 11.5 Å². The second-order valence-corrected chi connectivity index (χ2v) is 5.32. The second-order valence-electron chi connectivity index (χ2n) is 4.47. The number of halogens is 2. The fraction of sp³-hybridized carbons (Fsp3) is 0.154. The molecule has 1 aromatic heterocycles.